The van der Waals surface area contributed by atoms with E-state index in [-0.39, 0.29) is 9.35 Å². The number of thiophene rings is 1. The Labute approximate surface area is 79.0 Å². The molecule has 1 rings (SSSR count). The average Bonchev–Trinajstić information content (AvgIpc) is 2.31. The zero-order valence-electron chi connectivity index (χ0n) is 5.60. The molecule has 0 bridgehead atoms. The Hall–Kier alpha value is -0.0700. The largest absolute Gasteiger partial charge is 0.419 e. The van der Waals surface area contributed by atoms with Crippen LogP contribution in [0.5, 0.6) is 0 Å². The molecule has 0 amide bonds. The molecule has 6 heteroatoms. The summed E-state index contributed by atoms with van der Waals surface area (Å²) in [5, 5.41) is 10.3. The standard InChI is InChI=1S/C6H4BrF3OS/c7-3-1-2-12-4(3)5(11)6(8,9)10/h1-2,5,11H. The smallest absolute Gasteiger partial charge is 0.379 e. The van der Waals surface area contributed by atoms with Crippen molar-refractivity contribution < 1.29 is 18.3 Å². The van der Waals surface area contributed by atoms with Gasteiger partial charge >= 0.3 is 6.18 Å². The first kappa shape index (κ1) is 10.0. The molecule has 68 valence electrons. The van der Waals surface area contributed by atoms with E-state index < -0.39 is 12.3 Å². The van der Waals surface area contributed by atoms with E-state index in [0.29, 0.717) is 0 Å². The summed E-state index contributed by atoms with van der Waals surface area (Å²) in [4.78, 5) is -0.109. The Morgan fingerprint density at radius 1 is 1.50 bits per heavy atom. The molecule has 0 aliphatic rings. The molecule has 0 aliphatic heterocycles. The van der Waals surface area contributed by atoms with Gasteiger partial charge in [0.1, 0.15) is 0 Å². The lowest BCUT2D eigenvalue weighted by molar-refractivity contribution is -0.205. The molecule has 1 aromatic heterocycles. The number of hydrogen-bond donors (Lipinski definition) is 1. The maximum atomic E-state index is 11.9. The van der Waals surface area contributed by atoms with Crippen molar-refractivity contribution in [2.75, 3.05) is 0 Å². The van der Waals surface area contributed by atoms with E-state index in [1.165, 1.54) is 11.4 Å². The Bertz CT molecular complexity index is 270. The van der Waals surface area contributed by atoms with Gasteiger partial charge in [0, 0.05) is 4.47 Å². The molecule has 12 heavy (non-hydrogen) atoms. The summed E-state index contributed by atoms with van der Waals surface area (Å²) < 4.78 is 36.1. The molecule has 0 fully saturated rings. The highest BCUT2D eigenvalue weighted by atomic mass is 79.9. The van der Waals surface area contributed by atoms with Crippen molar-refractivity contribution in [2.24, 2.45) is 0 Å². The number of hydrogen-bond acceptors (Lipinski definition) is 2. The fourth-order valence-corrected chi connectivity index (χ4v) is 2.25. The molecule has 0 aromatic carbocycles. The molecule has 0 radical (unpaired) electrons. The monoisotopic (exact) mass is 260 g/mol. The van der Waals surface area contributed by atoms with Gasteiger partial charge in [0.15, 0.2) is 6.10 Å². The SMILES string of the molecule is OC(c1sccc1Br)C(F)(F)F. The summed E-state index contributed by atoms with van der Waals surface area (Å²) in [6.07, 6.45) is -6.97. The summed E-state index contributed by atoms with van der Waals surface area (Å²) in [7, 11) is 0. The van der Waals surface area contributed by atoms with E-state index in [9.17, 15) is 13.2 Å². The number of halogens is 4. The third kappa shape index (κ3) is 1.99. The normalized spacial score (nSPS) is 14.8. The Balaban J connectivity index is 2.92. The van der Waals surface area contributed by atoms with Gasteiger partial charge in [-0.05, 0) is 27.4 Å². The summed E-state index contributed by atoms with van der Waals surface area (Å²) in [5.74, 6) is 0. The van der Waals surface area contributed by atoms with Gasteiger partial charge in [0.2, 0.25) is 0 Å². The first-order valence-corrected chi connectivity index (χ1v) is 4.58. The predicted octanol–water partition coefficient (Wildman–Crippen LogP) is 3.11. The molecule has 1 atom stereocenters. The lowest BCUT2D eigenvalue weighted by Gasteiger charge is -2.12. The van der Waals surface area contributed by atoms with Crippen LogP contribution >= 0.6 is 27.3 Å². The van der Waals surface area contributed by atoms with Crippen LogP contribution in [0.4, 0.5) is 13.2 Å². The van der Waals surface area contributed by atoms with E-state index in [4.69, 9.17) is 5.11 Å². The zero-order valence-corrected chi connectivity index (χ0v) is 8.00. The van der Waals surface area contributed by atoms with Gasteiger partial charge in [-0.1, -0.05) is 0 Å². The van der Waals surface area contributed by atoms with Crippen molar-refractivity contribution in [1.82, 2.24) is 0 Å². The van der Waals surface area contributed by atoms with Crippen LogP contribution in [0.1, 0.15) is 11.0 Å². The summed E-state index contributed by atoms with van der Waals surface area (Å²) in [6, 6.07) is 1.47. The van der Waals surface area contributed by atoms with E-state index >= 15 is 0 Å². The Morgan fingerprint density at radius 2 is 2.08 bits per heavy atom. The minimum atomic E-state index is -4.59. The quantitative estimate of drug-likeness (QED) is 0.823. The summed E-state index contributed by atoms with van der Waals surface area (Å²) in [5.41, 5.74) is 0. The summed E-state index contributed by atoms with van der Waals surface area (Å²) in [6.45, 7) is 0. The zero-order chi connectivity index (χ0) is 9.35. The van der Waals surface area contributed by atoms with Crippen molar-refractivity contribution in [3.63, 3.8) is 0 Å². The first-order chi connectivity index (χ1) is 5.43. The van der Waals surface area contributed by atoms with Gasteiger partial charge in [-0.2, -0.15) is 13.2 Å². The van der Waals surface area contributed by atoms with E-state index in [2.05, 4.69) is 15.9 Å². The van der Waals surface area contributed by atoms with Gasteiger partial charge in [0.05, 0.1) is 4.88 Å². The molecule has 1 nitrogen and oxygen atoms in total. The number of aliphatic hydroxyl groups is 1. The highest BCUT2D eigenvalue weighted by Crippen LogP contribution is 2.38. The third-order valence-corrected chi connectivity index (χ3v) is 3.13. The minimum Gasteiger partial charge on any atom is -0.379 e. The molecule has 0 spiro atoms. The lowest BCUT2D eigenvalue weighted by atomic mass is 10.3. The summed E-state index contributed by atoms with van der Waals surface area (Å²) >= 11 is 3.78. The second kappa shape index (κ2) is 3.35. The Morgan fingerprint density at radius 3 is 2.42 bits per heavy atom. The van der Waals surface area contributed by atoms with Crippen molar-refractivity contribution >= 4 is 27.3 Å². The first-order valence-electron chi connectivity index (χ1n) is 2.90. The second-order valence-corrected chi connectivity index (χ2v) is 3.88. The van der Waals surface area contributed by atoms with Crippen LogP contribution in [0.2, 0.25) is 0 Å². The maximum Gasteiger partial charge on any atom is 0.419 e. The minimum absolute atomic E-state index is 0.109. The molecule has 1 unspecified atom stereocenters. The van der Waals surface area contributed by atoms with Crippen LogP contribution in [-0.4, -0.2) is 11.3 Å². The van der Waals surface area contributed by atoms with Crippen LogP contribution in [-0.2, 0) is 0 Å². The highest BCUT2D eigenvalue weighted by molar-refractivity contribution is 9.10. The van der Waals surface area contributed by atoms with Crippen molar-refractivity contribution in [3.8, 4) is 0 Å². The fraction of sp³-hybridized carbons (Fsp3) is 0.333. The maximum absolute atomic E-state index is 11.9. The second-order valence-electron chi connectivity index (χ2n) is 2.08. The molecule has 0 saturated heterocycles. The average molecular weight is 261 g/mol. The lowest BCUT2D eigenvalue weighted by Crippen LogP contribution is -2.19. The van der Waals surface area contributed by atoms with Crippen molar-refractivity contribution in [3.05, 3.63) is 20.8 Å². The molecular weight excluding hydrogens is 257 g/mol. The van der Waals surface area contributed by atoms with Crippen molar-refractivity contribution in [2.45, 2.75) is 12.3 Å². The van der Waals surface area contributed by atoms with Gasteiger partial charge in [0.25, 0.3) is 0 Å². The van der Waals surface area contributed by atoms with Crippen LogP contribution in [0.25, 0.3) is 0 Å². The van der Waals surface area contributed by atoms with Gasteiger partial charge in [-0.3, -0.25) is 0 Å². The molecule has 0 aliphatic carbocycles. The molecular formula is C6H4BrF3OS. The number of alkyl halides is 3. The van der Waals surface area contributed by atoms with Gasteiger partial charge in [-0.25, -0.2) is 0 Å². The molecule has 1 aromatic rings. The third-order valence-electron chi connectivity index (χ3n) is 1.20. The van der Waals surface area contributed by atoms with E-state index in [0.717, 1.165) is 11.3 Å². The van der Waals surface area contributed by atoms with Crippen LogP contribution in [0, 0.1) is 0 Å². The number of rotatable bonds is 1. The Kier molecular flexibility index (Phi) is 2.80. The molecule has 0 saturated carbocycles. The van der Waals surface area contributed by atoms with Crippen molar-refractivity contribution in [1.29, 1.82) is 0 Å². The van der Waals surface area contributed by atoms with E-state index in [1.54, 1.807) is 0 Å². The van der Waals surface area contributed by atoms with Crippen LogP contribution < -0.4 is 0 Å². The molecule has 1 N–H and O–H groups in total. The van der Waals surface area contributed by atoms with Gasteiger partial charge < -0.3 is 5.11 Å². The highest BCUT2D eigenvalue weighted by Gasteiger charge is 2.40. The predicted molar refractivity (Wildman–Crippen MR) is 43.0 cm³/mol. The number of aliphatic hydroxyl groups excluding tert-OH is 1. The van der Waals surface area contributed by atoms with Crippen LogP contribution in [0.15, 0.2) is 15.9 Å². The topological polar surface area (TPSA) is 20.2 Å². The van der Waals surface area contributed by atoms with E-state index in [1.807, 2.05) is 0 Å². The van der Waals surface area contributed by atoms with Crippen LogP contribution in [0.3, 0.4) is 0 Å². The fourth-order valence-electron chi connectivity index (χ4n) is 0.649. The van der Waals surface area contributed by atoms with Gasteiger partial charge in [-0.15, -0.1) is 11.3 Å². The molecule has 1 heterocycles.